The molecule has 0 bridgehead atoms. The Bertz CT molecular complexity index is 519. The molecule has 0 saturated heterocycles. The molecule has 102 valence electrons. The van der Waals surface area contributed by atoms with E-state index in [-0.39, 0.29) is 17.8 Å². The number of carbonyl (C=O) groups is 1. The summed E-state index contributed by atoms with van der Waals surface area (Å²) < 4.78 is 13.4. The van der Waals surface area contributed by atoms with Gasteiger partial charge in [-0.05, 0) is 61.4 Å². The van der Waals surface area contributed by atoms with Crippen molar-refractivity contribution >= 4 is 11.5 Å². The van der Waals surface area contributed by atoms with Crippen molar-refractivity contribution in [2.45, 2.75) is 45.6 Å². The number of nitrogens with one attached hydrogen (secondary N) is 1. The van der Waals surface area contributed by atoms with Gasteiger partial charge in [0.05, 0.1) is 0 Å². The van der Waals surface area contributed by atoms with Crippen molar-refractivity contribution in [3.8, 4) is 0 Å². The Morgan fingerprint density at radius 2 is 2.26 bits per heavy atom. The lowest BCUT2D eigenvalue weighted by Gasteiger charge is -2.06. The molecular formula is C16H20FNO. The Morgan fingerprint density at radius 3 is 2.89 bits per heavy atom. The molecule has 1 unspecified atom stereocenters. The molecule has 0 spiro atoms. The van der Waals surface area contributed by atoms with Crippen LogP contribution >= 0.6 is 0 Å². The predicted octanol–water partition coefficient (Wildman–Crippen LogP) is 3.63. The summed E-state index contributed by atoms with van der Waals surface area (Å²) in [5.74, 6) is 0.0522. The minimum absolute atomic E-state index is 0.100. The van der Waals surface area contributed by atoms with E-state index in [0.717, 1.165) is 29.5 Å². The fraction of sp³-hybridized carbons (Fsp3) is 0.438. The van der Waals surface area contributed by atoms with Crippen LogP contribution in [0.4, 0.5) is 4.39 Å². The van der Waals surface area contributed by atoms with Gasteiger partial charge >= 0.3 is 0 Å². The molecule has 0 aliphatic heterocycles. The van der Waals surface area contributed by atoms with Crippen molar-refractivity contribution in [3.63, 3.8) is 0 Å². The van der Waals surface area contributed by atoms with E-state index in [2.05, 4.69) is 12.2 Å². The average molecular weight is 261 g/mol. The molecule has 1 aliphatic carbocycles. The molecule has 0 fully saturated rings. The molecule has 1 aromatic carbocycles. The number of halogens is 1. The number of carbonyl (C=O) groups excluding carboxylic acids is 1. The van der Waals surface area contributed by atoms with Crippen LogP contribution in [0.25, 0.3) is 5.57 Å². The molecule has 2 nitrogen and oxygen atoms in total. The largest absolute Gasteiger partial charge is 0.350 e. The molecule has 1 amide bonds. The van der Waals surface area contributed by atoms with Gasteiger partial charge in [-0.1, -0.05) is 13.0 Å². The summed E-state index contributed by atoms with van der Waals surface area (Å²) in [7, 11) is 0. The maximum Gasteiger partial charge on any atom is 0.244 e. The van der Waals surface area contributed by atoms with Crippen molar-refractivity contribution in [1.82, 2.24) is 5.32 Å². The van der Waals surface area contributed by atoms with E-state index in [9.17, 15) is 9.18 Å². The maximum absolute atomic E-state index is 13.4. The van der Waals surface area contributed by atoms with Crippen LogP contribution in [0.3, 0.4) is 0 Å². The number of allylic oxidation sites excluding steroid dienone is 1. The van der Waals surface area contributed by atoms with E-state index in [1.165, 1.54) is 6.07 Å². The fourth-order valence-corrected chi connectivity index (χ4v) is 2.63. The van der Waals surface area contributed by atoms with Crippen LogP contribution in [0, 0.1) is 5.82 Å². The number of benzene rings is 1. The van der Waals surface area contributed by atoms with E-state index in [0.29, 0.717) is 5.92 Å². The van der Waals surface area contributed by atoms with E-state index in [1.807, 2.05) is 19.9 Å². The van der Waals surface area contributed by atoms with Crippen molar-refractivity contribution in [2.75, 3.05) is 0 Å². The lowest BCUT2D eigenvalue weighted by Crippen LogP contribution is -2.28. The fourth-order valence-electron chi connectivity index (χ4n) is 2.63. The highest BCUT2D eigenvalue weighted by atomic mass is 19.1. The van der Waals surface area contributed by atoms with Crippen LogP contribution in [-0.2, 0) is 4.79 Å². The minimum Gasteiger partial charge on any atom is -0.350 e. The molecule has 3 heteroatoms. The Morgan fingerprint density at radius 1 is 1.53 bits per heavy atom. The van der Waals surface area contributed by atoms with Gasteiger partial charge in [0.1, 0.15) is 5.82 Å². The predicted molar refractivity (Wildman–Crippen MR) is 75.3 cm³/mol. The summed E-state index contributed by atoms with van der Waals surface area (Å²) in [4.78, 5) is 11.8. The quantitative estimate of drug-likeness (QED) is 0.827. The second kappa shape index (κ2) is 5.55. The van der Waals surface area contributed by atoms with E-state index in [4.69, 9.17) is 0 Å². The van der Waals surface area contributed by atoms with Crippen molar-refractivity contribution in [2.24, 2.45) is 0 Å². The van der Waals surface area contributed by atoms with Gasteiger partial charge in [-0.2, -0.15) is 0 Å². The maximum atomic E-state index is 13.4. The summed E-state index contributed by atoms with van der Waals surface area (Å²) in [6.07, 6.45) is 3.44. The molecule has 0 saturated carbocycles. The van der Waals surface area contributed by atoms with Gasteiger partial charge in [0.2, 0.25) is 5.91 Å². The second-order valence-corrected chi connectivity index (χ2v) is 5.37. The third-order valence-corrected chi connectivity index (χ3v) is 3.50. The summed E-state index contributed by atoms with van der Waals surface area (Å²) in [6, 6.07) is 5.00. The third kappa shape index (κ3) is 3.03. The Labute approximate surface area is 113 Å². The standard InChI is InChI=1S/C16H20FNO/c1-4-11-7-12(8-16(19)18-10(2)3)15-9-13(17)5-6-14(11)15/h5-6,8-11H,4,7H2,1-3H3,(H,18,19)/b12-8-. The minimum atomic E-state index is -0.245. The Balaban J connectivity index is 2.32. The second-order valence-electron chi connectivity index (χ2n) is 5.37. The lowest BCUT2D eigenvalue weighted by molar-refractivity contribution is -0.116. The van der Waals surface area contributed by atoms with Crippen molar-refractivity contribution in [1.29, 1.82) is 0 Å². The highest BCUT2D eigenvalue weighted by Crippen LogP contribution is 2.42. The normalized spacial score (nSPS) is 19.8. The molecule has 19 heavy (non-hydrogen) atoms. The van der Waals surface area contributed by atoms with Gasteiger partial charge in [-0.3, -0.25) is 4.79 Å². The smallest absolute Gasteiger partial charge is 0.244 e. The number of rotatable bonds is 3. The first kappa shape index (κ1) is 13.8. The molecule has 1 atom stereocenters. The molecule has 1 aromatic rings. The van der Waals surface area contributed by atoms with Gasteiger partial charge < -0.3 is 5.32 Å². The highest BCUT2D eigenvalue weighted by Gasteiger charge is 2.26. The van der Waals surface area contributed by atoms with Crippen LogP contribution in [0.5, 0.6) is 0 Å². The highest BCUT2D eigenvalue weighted by molar-refractivity contribution is 5.96. The average Bonchev–Trinajstić information content (AvgIpc) is 2.65. The van der Waals surface area contributed by atoms with Gasteiger partial charge in [0.15, 0.2) is 0 Å². The summed E-state index contributed by atoms with van der Waals surface area (Å²) in [5.41, 5.74) is 3.00. The summed E-state index contributed by atoms with van der Waals surface area (Å²) >= 11 is 0. The number of hydrogen-bond acceptors (Lipinski definition) is 1. The topological polar surface area (TPSA) is 29.1 Å². The van der Waals surface area contributed by atoms with Crippen molar-refractivity contribution < 1.29 is 9.18 Å². The number of fused-ring (bicyclic) bond motifs is 1. The number of hydrogen-bond donors (Lipinski definition) is 1. The van der Waals surface area contributed by atoms with Gasteiger partial charge in [0.25, 0.3) is 0 Å². The van der Waals surface area contributed by atoms with Crippen molar-refractivity contribution in [3.05, 3.63) is 41.2 Å². The van der Waals surface area contributed by atoms with Gasteiger partial charge in [-0.25, -0.2) is 4.39 Å². The molecular weight excluding hydrogens is 241 g/mol. The first-order valence-electron chi connectivity index (χ1n) is 6.82. The molecule has 1 N–H and O–H groups in total. The molecule has 2 rings (SSSR count). The summed E-state index contributed by atoms with van der Waals surface area (Å²) in [5, 5.41) is 2.84. The molecule has 1 aliphatic rings. The van der Waals surface area contributed by atoms with Crippen LogP contribution in [-0.4, -0.2) is 11.9 Å². The van der Waals surface area contributed by atoms with Crippen LogP contribution in [0.15, 0.2) is 24.3 Å². The van der Waals surface area contributed by atoms with E-state index >= 15 is 0 Å². The molecule has 0 aromatic heterocycles. The summed E-state index contributed by atoms with van der Waals surface area (Å²) in [6.45, 7) is 5.97. The van der Waals surface area contributed by atoms with Crippen LogP contribution < -0.4 is 5.32 Å². The molecule has 0 radical (unpaired) electrons. The van der Waals surface area contributed by atoms with Crippen LogP contribution in [0.2, 0.25) is 0 Å². The molecule has 0 heterocycles. The Hall–Kier alpha value is -1.64. The monoisotopic (exact) mass is 261 g/mol. The van der Waals surface area contributed by atoms with Gasteiger partial charge in [-0.15, -0.1) is 0 Å². The zero-order valence-electron chi connectivity index (χ0n) is 11.7. The number of amides is 1. The zero-order chi connectivity index (χ0) is 14.0. The Kier molecular flexibility index (Phi) is 4.03. The first-order valence-corrected chi connectivity index (χ1v) is 6.82. The lowest BCUT2D eigenvalue weighted by atomic mass is 9.99. The van der Waals surface area contributed by atoms with Crippen LogP contribution in [0.1, 0.15) is 50.7 Å². The van der Waals surface area contributed by atoms with Gasteiger partial charge in [0, 0.05) is 12.1 Å². The zero-order valence-corrected chi connectivity index (χ0v) is 11.7. The first-order chi connectivity index (χ1) is 9.01. The van der Waals surface area contributed by atoms with E-state index < -0.39 is 0 Å². The third-order valence-electron chi connectivity index (χ3n) is 3.50. The van der Waals surface area contributed by atoms with E-state index in [1.54, 1.807) is 12.1 Å². The SMILES string of the molecule is CCC1C/C(=C/C(=O)NC(C)C)c2cc(F)ccc21.